The largest absolute Gasteiger partial charge is 0.464 e. The molecule has 0 saturated heterocycles. The van der Waals surface area contributed by atoms with E-state index < -0.39 is 10.8 Å². The second-order valence-electron chi connectivity index (χ2n) is 4.35. The van der Waals surface area contributed by atoms with Crippen LogP contribution < -0.4 is 0 Å². The first-order chi connectivity index (χ1) is 12.7. The number of thioether (sulfide) groups is 7. The molecule has 12 heteroatoms. The molecule has 0 aliphatic carbocycles. The molecule has 1 atom stereocenters. The summed E-state index contributed by atoms with van der Waals surface area (Å²) in [5.41, 5.74) is 0. The monoisotopic (exact) mass is 516 g/mol. The second-order valence-corrected chi connectivity index (χ2v) is 15.2. The average molecular weight is 517 g/mol. The van der Waals surface area contributed by atoms with Gasteiger partial charge in [-0.3, -0.25) is 9.00 Å². The Bertz CT molecular complexity index is 349. The minimum Gasteiger partial charge on any atom is -0.464 e. The minimum absolute atomic E-state index is 0.136. The molecule has 0 amide bonds. The third-order valence-electron chi connectivity index (χ3n) is 2.34. The molecule has 0 aromatic carbocycles. The summed E-state index contributed by atoms with van der Waals surface area (Å²) in [5.74, 6) is 3.96. The first kappa shape index (κ1) is 28.0. The summed E-state index contributed by atoms with van der Waals surface area (Å²) in [7, 11) is -0.673. The SMILES string of the molecule is CCSCS(=O)CCSCSCSCSCC(=O)OCCSCSCO. The Morgan fingerprint density at radius 2 is 1.58 bits per heavy atom. The molecule has 0 aliphatic heterocycles. The van der Waals surface area contributed by atoms with Crippen LogP contribution in [0.15, 0.2) is 0 Å². The molecule has 0 radical (unpaired) electrons. The smallest absolute Gasteiger partial charge is 0.315 e. The molecule has 1 unspecified atom stereocenters. The van der Waals surface area contributed by atoms with Gasteiger partial charge in [0.25, 0.3) is 0 Å². The van der Waals surface area contributed by atoms with Crippen LogP contribution in [0.1, 0.15) is 6.92 Å². The van der Waals surface area contributed by atoms with Crippen molar-refractivity contribution in [2.24, 2.45) is 0 Å². The van der Waals surface area contributed by atoms with Crippen molar-refractivity contribution in [3.05, 3.63) is 0 Å². The zero-order valence-electron chi connectivity index (χ0n) is 14.9. The van der Waals surface area contributed by atoms with Gasteiger partial charge < -0.3 is 9.84 Å². The van der Waals surface area contributed by atoms with E-state index in [4.69, 9.17) is 9.84 Å². The molecule has 0 fully saturated rings. The molecule has 1 N–H and O–H groups in total. The molecule has 0 saturated carbocycles. The maximum Gasteiger partial charge on any atom is 0.315 e. The lowest BCUT2D eigenvalue weighted by Gasteiger charge is -2.05. The molecule has 0 aromatic rings. The number of hydrogen-bond acceptors (Lipinski definition) is 11. The predicted octanol–water partition coefficient (Wildman–Crippen LogP) is 4.17. The van der Waals surface area contributed by atoms with Gasteiger partial charge in [-0.2, -0.15) is 11.8 Å². The van der Waals surface area contributed by atoms with Crippen molar-refractivity contribution in [1.82, 2.24) is 0 Å². The standard InChI is InChI=1S/C14H28O4S8/c1-2-19-13-26(17)6-5-21-10-24-12-25-11-22-7-14(16)18-3-4-20-9-23-8-15/h15H,2-13H2,1H3. The van der Waals surface area contributed by atoms with Crippen LogP contribution in [0.2, 0.25) is 0 Å². The number of aliphatic hydroxyl groups is 1. The highest BCUT2D eigenvalue weighted by Gasteiger charge is 2.03. The number of esters is 1. The van der Waals surface area contributed by atoms with E-state index in [0.29, 0.717) is 12.4 Å². The van der Waals surface area contributed by atoms with E-state index in [1.54, 1.807) is 35.3 Å². The second kappa shape index (κ2) is 23.3. The van der Waals surface area contributed by atoms with Crippen LogP contribution in [0.3, 0.4) is 0 Å². The molecule has 4 nitrogen and oxygen atoms in total. The van der Waals surface area contributed by atoms with Crippen molar-refractivity contribution in [3.63, 3.8) is 0 Å². The minimum atomic E-state index is -0.673. The lowest BCUT2D eigenvalue weighted by molar-refractivity contribution is -0.139. The van der Waals surface area contributed by atoms with Gasteiger partial charge in [0.2, 0.25) is 0 Å². The lowest BCUT2D eigenvalue weighted by atomic mass is 10.8. The van der Waals surface area contributed by atoms with Gasteiger partial charge in [0.1, 0.15) is 6.61 Å². The van der Waals surface area contributed by atoms with Crippen molar-refractivity contribution < 1.29 is 18.8 Å². The maximum absolute atomic E-state index is 11.6. The molecule has 0 bridgehead atoms. The number of ether oxygens (including phenoxy) is 1. The molecular weight excluding hydrogens is 489 g/mol. The number of carbonyl (C=O) groups excluding carboxylic acids is 1. The third kappa shape index (κ3) is 22.3. The quantitative estimate of drug-likeness (QED) is 0.144. The van der Waals surface area contributed by atoms with Gasteiger partial charge >= 0.3 is 5.97 Å². The summed E-state index contributed by atoms with van der Waals surface area (Å²) >= 11 is 12.0. The van der Waals surface area contributed by atoms with Crippen molar-refractivity contribution in [1.29, 1.82) is 0 Å². The molecule has 26 heavy (non-hydrogen) atoms. The van der Waals surface area contributed by atoms with Gasteiger partial charge in [-0.25, -0.2) is 0 Å². The summed E-state index contributed by atoms with van der Waals surface area (Å²) in [4.78, 5) is 11.5. The maximum atomic E-state index is 11.6. The summed E-state index contributed by atoms with van der Waals surface area (Å²) < 4.78 is 16.7. The Labute approximate surface area is 190 Å². The summed E-state index contributed by atoms with van der Waals surface area (Å²) in [6.45, 7) is 2.53. The van der Waals surface area contributed by atoms with Crippen LogP contribution in [0, 0.1) is 0 Å². The van der Waals surface area contributed by atoms with Crippen LogP contribution in [0.4, 0.5) is 0 Å². The van der Waals surface area contributed by atoms with Crippen LogP contribution >= 0.6 is 82.3 Å². The molecule has 156 valence electrons. The fourth-order valence-electron chi connectivity index (χ4n) is 1.23. The van der Waals surface area contributed by atoms with Gasteiger partial charge in [0.15, 0.2) is 0 Å². The summed E-state index contributed by atoms with van der Waals surface area (Å²) in [6.07, 6.45) is 0. The topological polar surface area (TPSA) is 63.6 Å². The van der Waals surface area contributed by atoms with E-state index in [0.717, 1.165) is 48.4 Å². The highest BCUT2D eigenvalue weighted by molar-refractivity contribution is 8.26. The van der Waals surface area contributed by atoms with Gasteiger partial charge in [-0.15, -0.1) is 70.6 Å². The molecule has 0 spiro atoms. The van der Waals surface area contributed by atoms with Gasteiger partial charge in [-0.1, -0.05) is 6.92 Å². The van der Waals surface area contributed by atoms with Crippen molar-refractivity contribution in [2.45, 2.75) is 6.92 Å². The molecule has 0 aromatic heterocycles. The Hall–Kier alpha value is 2.03. The van der Waals surface area contributed by atoms with Crippen molar-refractivity contribution in [3.8, 4) is 0 Å². The van der Waals surface area contributed by atoms with E-state index in [1.165, 1.54) is 11.8 Å². The van der Waals surface area contributed by atoms with Crippen molar-refractivity contribution >= 4 is 99.1 Å². The summed E-state index contributed by atoms with van der Waals surface area (Å²) in [6, 6.07) is 0. The van der Waals surface area contributed by atoms with E-state index in [-0.39, 0.29) is 11.9 Å². The van der Waals surface area contributed by atoms with Gasteiger partial charge in [0, 0.05) is 48.4 Å². The van der Waals surface area contributed by atoms with E-state index >= 15 is 0 Å². The molecule has 0 heterocycles. The molecular formula is C14H28O4S8. The number of rotatable bonds is 20. The fraction of sp³-hybridized carbons (Fsp3) is 0.929. The van der Waals surface area contributed by atoms with Crippen LogP contribution in [-0.2, 0) is 20.3 Å². The Morgan fingerprint density at radius 3 is 2.31 bits per heavy atom. The zero-order valence-corrected chi connectivity index (χ0v) is 21.5. The first-order valence-electron chi connectivity index (χ1n) is 7.86. The van der Waals surface area contributed by atoms with E-state index in [1.807, 2.05) is 35.3 Å². The van der Waals surface area contributed by atoms with Crippen LogP contribution in [0.5, 0.6) is 0 Å². The summed E-state index contributed by atoms with van der Waals surface area (Å²) in [5, 5.41) is 13.1. The Kier molecular flexibility index (Phi) is 25.1. The van der Waals surface area contributed by atoms with Crippen molar-refractivity contribution in [2.75, 3.05) is 66.7 Å². The van der Waals surface area contributed by atoms with Crippen LogP contribution in [-0.4, -0.2) is 82.0 Å². The lowest BCUT2D eigenvalue weighted by Crippen LogP contribution is -2.10. The average Bonchev–Trinajstić information content (AvgIpc) is 2.64. The van der Waals surface area contributed by atoms with E-state index in [9.17, 15) is 9.00 Å². The van der Waals surface area contributed by atoms with Gasteiger partial charge in [-0.05, 0) is 5.75 Å². The number of aliphatic hydroxyl groups excluding tert-OH is 1. The molecule has 0 aliphatic rings. The van der Waals surface area contributed by atoms with E-state index in [2.05, 4.69) is 6.92 Å². The zero-order chi connectivity index (χ0) is 19.3. The van der Waals surface area contributed by atoms with Crippen LogP contribution in [0.25, 0.3) is 0 Å². The number of hydrogen-bond donors (Lipinski definition) is 1. The Balaban J connectivity index is 3.20. The third-order valence-corrected chi connectivity index (χ3v) is 12.3. The Morgan fingerprint density at radius 1 is 0.923 bits per heavy atom. The fourth-order valence-corrected chi connectivity index (χ4v) is 10.0. The first-order valence-corrected chi connectivity index (χ1v) is 17.4. The predicted molar refractivity (Wildman–Crippen MR) is 134 cm³/mol. The molecule has 0 rings (SSSR count). The highest BCUT2D eigenvalue weighted by atomic mass is 32.3. The normalized spacial score (nSPS) is 12.2. The van der Waals surface area contributed by atoms with Gasteiger partial charge in [0.05, 0.1) is 16.8 Å². The highest BCUT2D eigenvalue weighted by Crippen LogP contribution is 2.21. The number of carbonyl (C=O) groups is 1.